The van der Waals surface area contributed by atoms with Gasteiger partial charge < -0.3 is 0 Å². The van der Waals surface area contributed by atoms with Gasteiger partial charge in [-0.05, 0) is 42.3 Å². The Morgan fingerprint density at radius 2 is 0.907 bits per heavy atom. The first-order valence-corrected chi connectivity index (χ1v) is 17.9. The largest absolute Gasteiger partial charge is 0.254 e. The molecule has 9 aromatic rings. The second-order valence-corrected chi connectivity index (χ2v) is 13.6. The van der Waals surface area contributed by atoms with Crippen molar-refractivity contribution in [1.29, 1.82) is 0 Å². The monoisotopic (exact) mass is 699 g/mol. The summed E-state index contributed by atoms with van der Waals surface area (Å²) < 4.78 is 14.2. The number of aromatic nitrogens is 7. The van der Waals surface area contributed by atoms with E-state index in [0.29, 0.717) is 17.5 Å². The fraction of sp³-hybridized carbons (Fsp3) is 0.0652. The Labute approximate surface area is 309 Å². The summed E-state index contributed by atoms with van der Waals surface area (Å²) in [5.41, 5.74) is 8.81. The van der Waals surface area contributed by atoms with Gasteiger partial charge in [-0.2, -0.15) is 0 Å². The number of benzene rings is 4. The van der Waals surface area contributed by atoms with Crippen molar-refractivity contribution in [2.75, 3.05) is 0 Å². The van der Waals surface area contributed by atoms with E-state index in [4.69, 9.17) is 24.9 Å². The molecule has 0 spiro atoms. The van der Waals surface area contributed by atoms with E-state index in [2.05, 4.69) is 58.5 Å². The van der Waals surface area contributed by atoms with Gasteiger partial charge in [-0.25, -0.2) is 29.3 Å². The Balaban J connectivity index is 1.02. The van der Waals surface area contributed by atoms with E-state index in [1.165, 1.54) is 6.08 Å². The van der Waals surface area contributed by atoms with Crippen molar-refractivity contribution < 1.29 is 4.39 Å². The lowest BCUT2D eigenvalue weighted by Crippen LogP contribution is -2.14. The highest BCUT2D eigenvalue weighted by Gasteiger charge is 2.24. The van der Waals surface area contributed by atoms with Crippen LogP contribution in [0.15, 0.2) is 158 Å². The minimum Gasteiger partial charge on any atom is -0.254 e. The van der Waals surface area contributed by atoms with Gasteiger partial charge in [0.05, 0.1) is 33.5 Å². The van der Waals surface area contributed by atoms with Gasteiger partial charge in [0.2, 0.25) is 0 Å². The maximum atomic E-state index is 14.2. The Bertz CT molecular complexity index is 2790. The van der Waals surface area contributed by atoms with Crippen molar-refractivity contribution in [2.24, 2.45) is 5.92 Å². The highest BCUT2D eigenvalue weighted by molar-refractivity contribution is 6.04. The Morgan fingerprint density at radius 1 is 0.463 bits per heavy atom. The molecule has 0 bridgehead atoms. The lowest BCUT2D eigenvalue weighted by Gasteiger charge is -2.20. The topological polar surface area (TPSA) is 90.2 Å². The standard InChI is InChI=1S/C46H30FN7/c1-27-26-36(47)20-21-37(27)46-53-44(34-14-6-28(7-15-34)38-22-18-32-12-10-30-4-2-24-48-40(30)42(32)50-38)52-45(54-46)35-16-8-29(9-17-35)39-23-19-33-13-11-31-5-3-25-49-41(31)43(33)51-39/h2-27,37H,1H3. The van der Waals surface area contributed by atoms with Crippen LogP contribution in [-0.4, -0.2) is 34.9 Å². The van der Waals surface area contributed by atoms with E-state index in [1.54, 1.807) is 18.5 Å². The molecule has 0 fully saturated rings. The average molecular weight is 700 g/mol. The van der Waals surface area contributed by atoms with Crippen molar-refractivity contribution in [1.82, 2.24) is 34.9 Å². The summed E-state index contributed by atoms with van der Waals surface area (Å²) in [5.74, 6) is 1.08. The number of rotatable bonds is 5. The second-order valence-electron chi connectivity index (χ2n) is 13.6. The molecule has 8 heteroatoms. The molecule has 0 saturated carbocycles. The molecule has 0 aliphatic heterocycles. The average Bonchev–Trinajstić information content (AvgIpc) is 3.23. The normalized spacial score (nSPS) is 15.6. The van der Waals surface area contributed by atoms with Crippen LogP contribution in [0.3, 0.4) is 0 Å². The van der Waals surface area contributed by atoms with E-state index in [-0.39, 0.29) is 17.7 Å². The van der Waals surface area contributed by atoms with Crippen molar-refractivity contribution >= 4 is 43.6 Å². The lowest BCUT2D eigenvalue weighted by atomic mass is 9.89. The van der Waals surface area contributed by atoms with Gasteiger partial charge in [-0.3, -0.25) is 9.97 Å². The molecule has 4 aromatic carbocycles. The SMILES string of the molecule is CC1C=C(F)C=CC1c1nc(-c2ccc(-c3ccc4ccc5cccnc5c4n3)cc2)nc(-c2ccc(-c3ccc4ccc5cccnc5c4n3)cc2)n1. The van der Waals surface area contributed by atoms with Gasteiger partial charge in [0.15, 0.2) is 11.6 Å². The number of hydrogen-bond donors (Lipinski definition) is 0. The third-order valence-electron chi connectivity index (χ3n) is 10.1. The van der Waals surface area contributed by atoms with Crippen molar-refractivity contribution in [3.63, 3.8) is 0 Å². The zero-order chi connectivity index (χ0) is 36.2. The summed E-state index contributed by atoms with van der Waals surface area (Å²) in [6.45, 7) is 1.98. The summed E-state index contributed by atoms with van der Waals surface area (Å²) in [5, 5.41) is 4.19. The van der Waals surface area contributed by atoms with Crippen molar-refractivity contribution in [2.45, 2.75) is 12.8 Å². The molecule has 5 aromatic heterocycles. The fourth-order valence-corrected chi connectivity index (χ4v) is 7.25. The van der Waals surface area contributed by atoms with E-state index in [1.807, 2.05) is 85.8 Å². The molecule has 0 amide bonds. The summed E-state index contributed by atoms with van der Waals surface area (Å²) >= 11 is 0. The Kier molecular flexibility index (Phi) is 7.54. The van der Waals surface area contributed by atoms with Crippen molar-refractivity contribution in [3.05, 3.63) is 164 Å². The molecule has 0 radical (unpaired) electrons. The van der Waals surface area contributed by atoms with Crippen LogP contribution in [0.4, 0.5) is 4.39 Å². The third kappa shape index (κ3) is 5.65. The first-order valence-electron chi connectivity index (χ1n) is 17.9. The number of hydrogen-bond acceptors (Lipinski definition) is 7. The molecule has 2 unspecified atom stereocenters. The molecule has 5 heterocycles. The van der Waals surface area contributed by atoms with Crippen LogP contribution in [0, 0.1) is 5.92 Å². The number of pyridine rings is 4. The molecule has 256 valence electrons. The van der Waals surface area contributed by atoms with E-state index in [0.717, 1.165) is 77.3 Å². The fourth-order valence-electron chi connectivity index (χ4n) is 7.25. The molecule has 7 nitrogen and oxygen atoms in total. The number of nitrogens with zero attached hydrogens (tertiary/aromatic N) is 7. The van der Waals surface area contributed by atoms with Crippen LogP contribution in [0.1, 0.15) is 18.7 Å². The molecule has 54 heavy (non-hydrogen) atoms. The number of fused-ring (bicyclic) bond motifs is 6. The molecule has 0 saturated heterocycles. The zero-order valence-corrected chi connectivity index (χ0v) is 29.1. The second kappa shape index (κ2) is 12.9. The maximum absolute atomic E-state index is 14.2. The van der Waals surface area contributed by atoms with E-state index < -0.39 is 0 Å². The predicted octanol–water partition coefficient (Wildman–Crippen LogP) is 10.9. The van der Waals surface area contributed by atoms with Crippen molar-refractivity contribution in [3.8, 4) is 45.3 Å². The van der Waals surface area contributed by atoms with Gasteiger partial charge in [0, 0.05) is 62.1 Å². The van der Waals surface area contributed by atoms with Crippen LogP contribution >= 0.6 is 0 Å². The van der Waals surface area contributed by atoms with Crippen LogP contribution in [-0.2, 0) is 0 Å². The minimum absolute atomic E-state index is 0.128. The van der Waals surface area contributed by atoms with E-state index in [9.17, 15) is 4.39 Å². The van der Waals surface area contributed by atoms with Crippen LogP contribution in [0.25, 0.3) is 88.9 Å². The summed E-state index contributed by atoms with van der Waals surface area (Å²) in [7, 11) is 0. The van der Waals surface area contributed by atoms with Crippen LogP contribution in [0.5, 0.6) is 0 Å². The smallest absolute Gasteiger partial charge is 0.163 e. The zero-order valence-electron chi connectivity index (χ0n) is 29.1. The lowest BCUT2D eigenvalue weighted by molar-refractivity contribution is 0.557. The van der Waals surface area contributed by atoms with Gasteiger partial charge in [-0.15, -0.1) is 0 Å². The third-order valence-corrected chi connectivity index (χ3v) is 10.1. The Hall–Kier alpha value is -7.06. The minimum atomic E-state index is -0.253. The van der Waals surface area contributed by atoms with Crippen LogP contribution in [0.2, 0.25) is 0 Å². The summed E-state index contributed by atoms with van der Waals surface area (Å²) in [4.78, 5) is 34.2. The molecule has 10 rings (SSSR count). The highest BCUT2D eigenvalue weighted by atomic mass is 19.1. The quantitative estimate of drug-likeness (QED) is 0.165. The highest BCUT2D eigenvalue weighted by Crippen LogP contribution is 2.34. The van der Waals surface area contributed by atoms with Crippen LogP contribution < -0.4 is 0 Å². The molecule has 2 atom stereocenters. The number of halogens is 1. The first kappa shape index (κ1) is 31.7. The molecular weight excluding hydrogens is 670 g/mol. The van der Waals surface area contributed by atoms with Gasteiger partial charge in [0.25, 0.3) is 0 Å². The first-order chi connectivity index (χ1) is 26.5. The molecule has 0 N–H and O–H groups in total. The summed E-state index contributed by atoms with van der Waals surface area (Å²) in [6, 6.07) is 40.7. The molecule has 1 aliphatic carbocycles. The predicted molar refractivity (Wildman–Crippen MR) is 213 cm³/mol. The maximum Gasteiger partial charge on any atom is 0.163 e. The van der Waals surface area contributed by atoms with Gasteiger partial charge in [-0.1, -0.05) is 110 Å². The van der Waals surface area contributed by atoms with Gasteiger partial charge in [0.1, 0.15) is 11.7 Å². The van der Waals surface area contributed by atoms with E-state index >= 15 is 0 Å². The number of allylic oxidation sites excluding steroid dienone is 4. The molecule has 1 aliphatic rings. The molecular formula is C46H30FN7. The van der Waals surface area contributed by atoms with Gasteiger partial charge >= 0.3 is 0 Å². The summed E-state index contributed by atoms with van der Waals surface area (Å²) in [6.07, 6.45) is 8.54. The Morgan fingerprint density at radius 3 is 1.39 bits per heavy atom.